The molecule has 216 valence electrons. The first-order valence-corrected chi connectivity index (χ1v) is 14.3. The zero-order valence-electron chi connectivity index (χ0n) is 23.0. The third-order valence-electron chi connectivity index (χ3n) is 6.63. The van der Waals surface area contributed by atoms with Crippen LogP contribution in [0.15, 0.2) is 78.5 Å². The first-order valence-electron chi connectivity index (χ1n) is 12.7. The van der Waals surface area contributed by atoms with Crippen molar-refractivity contribution in [2.45, 2.75) is 19.9 Å². The van der Waals surface area contributed by atoms with E-state index < -0.39 is 18.0 Å². The van der Waals surface area contributed by atoms with Crippen molar-refractivity contribution in [2.24, 2.45) is 4.99 Å². The Balaban J connectivity index is 1.65. The number of thiazole rings is 1. The molecule has 0 amide bonds. The molecule has 2 aromatic carbocycles. The van der Waals surface area contributed by atoms with Crippen molar-refractivity contribution < 1.29 is 33.3 Å². The molecule has 1 N–H and O–H groups in total. The number of aromatic carboxylic acids is 1. The quantitative estimate of drug-likeness (QED) is 0.275. The van der Waals surface area contributed by atoms with E-state index in [4.69, 9.17) is 23.7 Å². The minimum atomic E-state index is -1.02. The predicted octanol–water partition coefficient (Wildman–Crippen LogP) is 4.54. The van der Waals surface area contributed by atoms with Gasteiger partial charge in [0.2, 0.25) is 0 Å². The number of hydrogen-bond acceptors (Lipinski definition) is 9. The van der Waals surface area contributed by atoms with Crippen LogP contribution in [0, 0.1) is 0 Å². The van der Waals surface area contributed by atoms with Crippen LogP contribution in [0.4, 0.5) is 0 Å². The molecule has 4 aromatic rings. The van der Waals surface area contributed by atoms with Crippen molar-refractivity contribution in [3.8, 4) is 22.8 Å². The summed E-state index contributed by atoms with van der Waals surface area (Å²) in [4.78, 5) is 43.3. The summed E-state index contributed by atoms with van der Waals surface area (Å²) in [5.41, 5.74) is 1.66. The number of esters is 1. The minimum Gasteiger partial charge on any atom is -0.496 e. The average Bonchev–Trinajstić information content (AvgIpc) is 3.56. The fourth-order valence-electron chi connectivity index (χ4n) is 4.67. The van der Waals surface area contributed by atoms with Gasteiger partial charge in [0.1, 0.15) is 29.1 Å². The molecule has 0 aliphatic carbocycles. The number of hydrogen-bond donors (Lipinski definition) is 1. The normalized spacial score (nSPS) is 14.8. The van der Waals surface area contributed by atoms with E-state index in [1.165, 1.54) is 30.9 Å². The standard InChI is InChI=1S/C30H25BrN2O8S/c1-5-40-29(37)25-15(2)32-30-33(26(25)19-13-20(31)23(39-4)14-22(19)38-3)27(34)24(42-30)12-18-10-11-21(41-18)16-6-8-17(9-7-16)28(35)36/h6-14,26H,5H2,1-4H3,(H,35,36)/b24-12+/t26-/m0/s1. The smallest absolute Gasteiger partial charge is 0.338 e. The number of fused-ring (bicyclic) bond motifs is 1. The number of carbonyl (C=O) groups is 2. The summed E-state index contributed by atoms with van der Waals surface area (Å²) in [6, 6.07) is 12.3. The molecule has 0 saturated heterocycles. The molecule has 1 aliphatic rings. The molecule has 3 heterocycles. The highest BCUT2D eigenvalue weighted by Crippen LogP contribution is 2.41. The van der Waals surface area contributed by atoms with Crippen LogP contribution >= 0.6 is 27.3 Å². The summed E-state index contributed by atoms with van der Waals surface area (Å²) in [6.45, 7) is 3.56. The minimum absolute atomic E-state index is 0.149. The fraction of sp³-hybridized carbons (Fsp3) is 0.200. The Hall–Kier alpha value is -4.42. The number of halogens is 1. The van der Waals surface area contributed by atoms with E-state index in [1.54, 1.807) is 56.3 Å². The Morgan fingerprint density at radius 2 is 1.83 bits per heavy atom. The van der Waals surface area contributed by atoms with Crippen molar-refractivity contribution in [3.05, 3.63) is 101 Å². The van der Waals surface area contributed by atoms with Crippen LogP contribution in [0.2, 0.25) is 0 Å². The molecule has 1 atom stereocenters. The second kappa shape index (κ2) is 11.8. The van der Waals surface area contributed by atoms with Gasteiger partial charge in [0, 0.05) is 23.3 Å². The molecule has 0 radical (unpaired) electrons. The van der Waals surface area contributed by atoms with E-state index >= 15 is 0 Å². The Labute approximate surface area is 251 Å². The molecule has 0 unspecified atom stereocenters. The largest absolute Gasteiger partial charge is 0.496 e. The zero-order chi connectivity index (χ0) is 30.1. The lowest BCUT2D eigenvalue weighted by Gasteiger charge is -2.26. The zero-order valence-corrected chi connectivity index (χ0v) is 25.4. The van der Waals surface area contributed by atoms with Gasteiger partial charge < -0.3 is 23.7 Å². The van der Waals surface area contributed by atoms with Gasteiger partial charge in [0.15, 0.2) is 4.80 Å². The lowest BCUT2D eigenvalue weighted by atomic mass is 9.95. The molecular weight excluding hydrogens is 628 g/mol. The van der Waals surface area contributed by atoms with Crippen LogP contribution in [0.1, 0.15) is 41.6 Å². The van der Waals surface area contributed by atoms with Gasteiger partial charge in [-0.05, 0) is 60.1 Å². The maximum atomic E-state index is 14.0. The van der Waals surface area contributed by atoms with Crippen molar-refractivity contribution in [2.75, 3.05) is 20.8 Å². The number of carboxylic acids is 1. The number of aromatic nitrogens is 1. The third kappa shape index (κ3) is 5.30. The third-order valence-corrected chi connectivity index (χ3v) is 8.23. The highest BCUT2D eigenvalue weighted by molar-refractivity contribution is 9.10. The monoisotopic (exact) mass is 652 g/mol. The van der Waals surface area contributed by atoms with E-state index in [2.05, 4.69) is 20.9 Å². The molecule has 0 fully saturated rings. The Bertz CT molecular complexity index is 1920. The molecule has 0 bridgehead atoms. The topological polar surface area (TPSA) is 130 Å². The second-order valence-corrected chi connectivity index (χ2v) is 11.0. The van der Waals surface area contributed by atoms with Crippen molar-refractivity contribution in [1.82, 2.24) is 4.57 Å². The van der Waals surface area contributed by atoms with Crippen molar-refractivity contribution in [3.63, 3.8) is 0 Å². The number of methoxy groups -OCH3 is 2. The molecule has 12 heteroatoms. The Kier molecular flexibility index (Phi) is 8.19. The predicted molar refractivity (Wildman–Crippen MR) is 159 cm³/mol. The SMILES string of the molecule is CCOC(=O)C1=C(C)N=c2s/c(=C/c3ccc(-c4ccc(C(=O)O)cc4)o3)c(=O)n2[C@H]1c1cc(Br)c(OC)cc1OC. The first-order chi connectivity index (χ1) is 20.2. The Morgan fingerprint density at radius 3 is 2.48 bits per heavy atom. The van der Waals surface area contributed by atoms with Crippen LogP contribution in [0.25, 0.3) is 17.4 Å². The van der Waals surface area contributed by atoms with E-state index in [0.29, 0.717) is 53.6 Å². The highest BCUT2D eigenvalue weighted by Gasteiger charge is 2.35. The highest BCUT2D eigenvalue weighted by atomic mass is 79.9. The van der Waals surface area contributed by atoms with Crippen LogP contribution in [-0.4, -0.2) is 42.4 Å². The van der Waals surface area contributed by atoms with Crippen molar-refractivity contribution >= 4 is 45.3 Å². The van der Waals surface area contributed by atoms with E-state index in [0.717, 1.165) is 11.3 Å². The number of nitrogens with zero attached hydrogens (tertiary/aromatic N) is 2. The van der Waals surface area contributed by atoms with Gasteiger partial charge in [-0.2, -0.15) is 0 Å². The van der Waals surface area contributed by atoms with Crippen LogP contribution in [0.5, 0.6) is 11.5 Å². The summed E-state index contributed by atoms with van der Waals surface area (Å²) in [5.74, 6) is 0.258. The van der Waals surface area contributed by atoms with Crippen LogP contribution < -0.4 is 24.4 Å². The number of ether oxygens (including phenoxy) is 3. The van der Waals surface area contributed by atoms with Gasteiger partial charge in [0.25, 0.3) is 5.56 Å². The van der Waals surface area contributed by atoms with Gasteiger partial charge >= 0.3 is 11.9 Å². The molecule has 42 heavy (non-hydrogen) atoms. The summed E-state index contributed by atoms with van der Waals surface area (Å²) in [6.07, 6.45) is 1.61. The number of carboxylic acid groups (broad SMARTS) is 1. The molecule has 2 aromatic heterocycles. The van der Waals surface area contributed by atoms with Crippen molar-refractivity contribution in [1.29, 1.82) is 0 Å². The summed E-state index contributed by atoms with van der Waals surface area (Å²) in [5, 5.41) is 9.15. The summed E-state index contributed by atoms with van der Waals surface area (Å²) in [7, 11) is 3.03. The lowest BCUT2D eigenvalue weighted by Crippen LogP contribution is -2.40. The average molecular weight is 654 g/mol. The number of furan rings is 1. The van der Waals surface area contributed by atoms with Gasteiger partial charge in [0.05, 0.1) is 46.7 Å². The molecular formula is C30H25BrN2O8S. The maximum Gasteiger partial charge on any atom is 0.338 e. The Morgan fingerprint density at radius 1 is 1.12 bits per heavy atom. The lowest BCUT2D eigenvalue weighted by molar-refractivity contribution is -0.139. The number of benzene rings is 2. The fourth-order valence-corrected chi connectivity index (χ4v) is 6.22. The van der Waals surface area contributed by atoms with E-state index in [9.17, 15) is 14.4 Å². The molecule has 0 saturated carbocycles. The molecule has 10 nitrogen and oxygen atoms in total. The van der Waals surface area contributed by atoms with Gasteiger partial charge in [-0.1, -0.05) is 23.5 Å². The van der Waals surface area contributed by atoms with E-state index in [-0.39, 0.29) is 23.3 Å². The number of rotatable bonds is 8. The summed E-state index contributed by atoms with van der Waals surface area (Å²) < 4.78 is 24.8. The van der Waals surface area contributed by atoms with Gasteiger partial charge in [-0.15, -0.1) is 0 Å². The number of carbonyl (C=O) groups excluding carboxylic acids is 1. The van der Waals surface area contributed by atoms with Gasteiger partial charge in [-0.3, -0.25) is 9.36 Å². The second-order valence-electron chi connectivity index (χ2n) is 9.12. The molecule has 5 rings (SSSR count). The van der Waals surface area contributed by atoms with Crippen LogP contribution in [-0.2, 0) is 9.53 Å². The van der Waals surface area contributed by atoms with E-state index in [1.807, 2.05) is 0 Å². The van der Waals surface area contributed by atoms with Crippen LogP contribution in [0.3, 0.4) is 0 Å². The molecule has 1 aliphatic heterocycles. The number of allylic oxidation sites excluding steroid dienone is 1. The first kappa shape index (κ1) is 29.1. The summed E-state index contributed by atoms with van der Waals surface area (Å²) >= 11 is 4.67. The molecule has 0 spiro atoms. The maximum absolute atomic E-state index is 14.0. The van der Waals surface area contributed by atoms with Gasteiger partial charge in [-0.25, -0.2) is 14.6 Å².